The number of morpholine rings is 1. The van der Waals surface area contributed by atoms with Crippen LogP contribution in [0.5, 0.6) is 0 Å². The van der Waals surface area contributed by atoms with Gasteiger partial charge in [-0.05, 0) is 27.0 Å². The summed E-state index contributed by atoms with van der Waals surface area (Å²) >= 11 is 0. The van der Waals surface area contributed by atoms with Gasteiger partial charge in [-0.1, -0.05) is 0 Å². The van der Waals surface area contributed by atoms with Crippen LogP contribution in [0.3, 0.4) is 0 Å². The summed E-state index contributed by atoms with van der Waals surface area (Å²) in [6, 6.07) is 2.04. The Balaban J connectivity index is 1.97. The van der Waals surface area contributed by atoms with E-state index in [1.165, 1.54) is 5.56 Å². The highest BCUT2D eigenvalue weighted by Crippen LogP contribution is 2.17. The molecule has 1 N–H and O–H groups in total. The fraction of sp³-hybridized carbons (Fsp3) is 0.692. The summed E-state index contributed by atoms with van der Waals surface area (Å²) < 4.78 is 11.3. The van der Waals surface area contributed by atoms with Gasteiger partial charge in [0.1, 0.15) is 5.76 Å². The maximum absolute atomic E-state index is 5.73. The average Bonchev–Trinajstić information content (AvgIpc) is 2.65. The van der Waals surface area contributed by atoms with Gasteiger partial charge in [0, 0.05) is 25.2 Å². The first-order valence-corrected chi connectivity index (χ1v) is 6.26. The van der Waals surface area contributed by atoms with Crippen molar-refractivity contribution in [2.75, 3.05) is 20.1 Å². The Kier molecular flexibility index (Phi) is 4.20. The summed E-state index contributed by atoms with van der Waals surface area (Å²) in [6.07, 6.45) is 2.39. The molecule has 1 fully saturated rings. The van der Waals surface area contributed by atoms with E-state index in [-0.39, 0.29) is 0 Å². The lowest BCUT2D eigenvalue weighted by Crippen LogP contribution is -2.44. The second kappa shape index (κ2) is 5.67. The van der Waals surface area contributed by atoms with Crippen LogP contribution in [-0.4, -0.2) is 37.2 Å². The minimum atomic E-state index is 0.307. The first-order valence-electron chi connectivity index (χ1n) is 6.26. The molecule has 4 nitrogen and oxygen atoms in total. The first kappa shape index (κ1) is 12.6. The van der Waals surface area contributed by atoms with E-state index in [0.29, 0.717) is 12.2 Å². The topological polar surface area (TPSA) is 37.6 Å². The predicted octanol–water partition coefficient (Wildman–Crippen LogP) is 1.61. The molecule has 1 aliphatic heterocycles. The highest BCUT2D eigenvalue weighted by atomic mass is 16.5. The summed E-state index contributed by atoms with van der Waals surface area (Å²) in [7, 11) is 1.95. The molecule has 4 heteroatoms. The molecule has 0 saturated carbocycles. The normalized spacial score (nSPS) is 26.3. The fourth-order valence-corrected chi connectivity index (χ4v) is 2.47. The molecule has 2 rings (SSSR count). The largest absolute Gasteiger partial charge is 0.468 e. The van der Waals surface area contributed by atoms with Crippen molar-refractivity contribution in [3.05, 3.63) is 23.7 Å². The summed E-state index contributed by atoms with van der Waals surface area (Å²) in [5, 5.41) is 3.16. The van der Waals surface area contributed by atoms with E-state index in [4.69, 9.17) is 9.15 Å². The highest BCUT2D eigenvalue weighted by Gasteiger charge is 2.23. The third-order valence-corrected chi connectivity index (χ3v) is 3.07. The monoisotopic (exact) mass is 238 g/mol. The van der Waals surface area contributed by atoms with Gasteiger partial charge in [-0.15, -0.1) is 0 Å². The van der Waals surface area contributed by atoms with Crippen LogP contribution in [0.25, 0.3) is 0 Å². The van der Waals surface area contributed by atoms with Gasteiger partial charge in [0.15, 0.2) is 0 Å². The number of rotatable bonds is 4. The maximum Gasteiger partial charge on any atom is 0.122 e. The van der Waals surface area contributed by atoms with Crippen molar-refractivity contribution >= 4 is 0 Å². The van der Waals surface area contributed by atoms with Crippen LogP contribution in [-0.2, 0) is 17.8 Å². The Morgan fingerprint density at radius 2 is 2.06 bits per heavy atom. The Labute approximate surface area is 103 Å². The zero-order valence-corrected chi connectivity index (χ0v) is 10.9. The highest BCUT2D eigenvalue weighted by molar-refractivity contribution is 5.16. The molecule has 1 aromatic heterocycles. The van der Waals surface area contributed by atoms with Crippen molar-refractivity contribution < 1.29 is 9.15 Å². The number of furan rings is 1. The Morgan fingerprint density at radius 1 is 1.35 bits per heavy atom. The van der Waals surface area contributed by atoms with Crippen LogP contribution in [0, 0.1) is 0 Å². The van der Waals surface area contributed by atoms with E-state index in [2.05, 4.69) is 24.1 Å². The van der Waals surface area contributed by atoms with Gasteiger partial charge in [-0.2, -0.15) is 0 Å². The molecule has 0 unspecified atom stereocenters. The van der Waals surface area contributed by atoms with E-state index in [0.717, 1.165) is 31.9 Å². The van der Waals surface area contributed by atoms with Gasteiger partial charge in [-0.25, -0.2) is 0 Å². The molecule has 0 radical (unpaired) electrons. The number of hydrogen-bond donors (Lipinski definition) is 1. The van der Waals surface area contributed by atoms with Crippen LogP contribution >= 0.6 is 0 Å². The second-order valence-electron chi connectivity index (χ2n) is 4.85. The number of nitrogens with one attached hydrogen (secondary N) is 1. The average molecular weight is 238 g/mol. The van der Waals surface area contributed by atoms with Gasteiger partial charge in [-0.3, -0.25) is 4.90 Å². The minimum absolute atomic E-state index is 0.307. The fourth-order valence-electron chi connectivity index (χ4n) is 2.47. The van der Waals surface area contributed by atoms with E-state index in [9.17, 15) is 0 Å². The van der Waals surface area contributed by atoms with Crippen LogP contribution < -0.4 is 5.32 Å². The lowest BCUT2D eigenvalue weighted by molar-refractivity contribution is -0.0719. The molecule has 17 heavy (non-hydrogen) atoms. The summed E-state index contributed by atoms with van der Waals surface area (Å²) in [5.41, 5.74) is 1.25. The van der Waals surface area contributed by atoms with E-state index >= 15 is 0 Å². The first-order chi connectivity index (χ1) is 8.19. The molecular formula is C13H22N2O2. The zero-order chi connectivity index (χ0) is 12.3. The van der Waals surface area contributed by atoms with E-state index in [1.54, 1.807) is 6.26 Å². The predicted molar refractivity (Wildman–Crippen MR) is 66.8 cm³/mol. The van der Waals surface area contributed by atoms with Crippen LogP contribution in [0.2, 0.25) is 0 Å². The summed E-state index contributed by atoms with van der Waals surface area (Å²) in [5.74, 6) is 1.07. The third kappa shape index (κ3) is 3.31. The summed E-state index contributed by atoms with van der Waals surface area (Å²) in [4.78, 5) is 2.40. The number of hydrogen-bond acceptors (Lipinski definition) is 4. The Morgan fingerprint density at radius 3 is 2.71 bits per heavy atom. The Hall–Kier alpha value is -0.840. The molecule has 0 amide bonds. The standard InChI is InChI=1S/C13H22N2O2/c1-10-7-15(8-11(2)17-10)9-13-12(6-14-3)4-5-16-13/h4-5,10-11,14H,6-9H2,1-3H3/t10-,11+. The van der Waals surface area contributed by atoms with Crippen molar-refractivity contribution in [2.24, 2.45) is 0 Å². The lowest BCUT2D eigenvalue weighted by Gasteiger charge is -2.34. The molecule has 1 saturated heterocycles. The van der Waals surface area contributed by atoms with Gasteiger partial charge in [0.05, 0.1) is 25.0 Å². The van der Waals surface area contributed by atoms with Crippen LogP contribution in [0.1, 0.15) is 25.2 Å². The molecule has 1 aliphatic rings. The molecule has 2 heterocycles. The molecule has 0 aromatic carbocycles. The molecule has 0 aliphatic carbocycles. The molecule has 2 atom stereocenters. The van der Waals surface area contributed by atoms with E-state index in [1.807, 2.05) is 13.1 Å². The molecule has 0 bridgehead atoms. The second-order valence-corrected chi connectivity index (χ2v) is 4.85. The van der Waals surface area contributed by atoms with Crippen molar-refractivity contribution in [3.63, 3.8) is 0 Å². The van der Waals surface area contributed by atoms with Gasteiger partial charge in [0.2, 0.25) is 0 Å². The third-order valence-electron chi connectivity index (χ3n) is 3.07. The van der Waals surface area contributed by atoms with Crippen LogP contribution in [0.4, 0.5) is 0 Å². The summed E-state index contributed by atoms with van der Waals surface area (Å²) in [6.45, 7) is 7.94. The SMILES string of the molecule is CNCc1ccoc1CN1C[C@@H](C)O[C@@H](C)C1. The van der Waals surface area contributed by atoms with Gasteiger partial charge < -0.3 is 14.5 Å². The quantitative estimate of drug-likeness (QED) is 0.864. The number of ether oxygens (including phenoxy) is 1. The van der Waals surface area contributed by atoms with Crippen molar-refractivity contribution in [1.29, 1.82) is 0 Å². The molecular weight excluding hydrogens is 216 g/mol. The van der Waals surface area contributed by atoms with E-state index < -0.39 is 0 Å². The Bertz CT molecular complexity index is 341. The van der Waals surface area contributed by atoms with Crippen LogP contribution in [0.15, 0.2) is 16.7 Å². The number of nitrogens with zero attached hydrogens (tertiary/aromatic N) is 1. The zero-order valence-electron chi connectivity index (χ0n) is 10.9. The van der Waals surface area contributed by atoms with Crippen molar-refractivity contribution in [3.8, 4) is 0 Å². The molecule has 96 valence electrons. The van der Waals surface area contributed by atoms with Gasteiger partial charge >= 0.3 is 0 Å². The maximum atomic E-state index is 5.73. The molecule has 0 spiro atoms. The van der Waals surface area contributed by atoms with Gasteiger partial charge in [0.25, 0.3) is 0 Å². The van der Waals surface area contributed by atoms with Crippen molar-refractivity contribution in [2.45, 2.75) is 39.1 Å². The molecule has 1 aromatic rings. The van der Waals surface area contributed by atoms with Crippen molar-refractivity contribution in [1.82, 2.24) is 10.2 Å². The lowest BCUT2D eigenvalue weighted by atomic mass is 10.2. The minimum Gasteiger partial charge on any atom is -0.468 e. The smallest absolute Gasteiger partial charge is 0.122 e.